The largest absolute Gasteiger partial charge is 0.479 e. The number of amides is 2. The van der Waals surface area contributed by atoms with Gasteiger partial charge >= 0.3 is 11.9 Å². The van der Waals surface area contributed by atoms with Gasteiger partial charge < -0.3 is 26.1 Å². The summed E-state index contributed by atoms with van der Waals surface area (Å²) >= 11 is 5.25. The van der Waals surface area contributed by atoms with E-state index in [-0.39, 0.29) is 22.2 Å². The fourth-order valence-electron chi connectivity index (χ4n) is 3.90. The van der Waals surface area contributed by atoms with Crippen LogP contribution in [0, 0.1) is 0 Å². The summed E-state index contributed by atoms with van der Waals surface area (Å²) in [5, 5.41) is 27.8. The van der Waals surface area contributed by atoms with E-state index >= 15 is 0 Å². The summed E-state index contributed by atoms with van der Waals surface area (Å²) in [6.07, 6.45) is 0. The van der Waals surface area contributed by atoms with Crippen molar-refractivity contribution >= 4 is 80.8 Å². The van der Waals surface area contributed by atoms with Crippen molar-refractivity contribution in [3.63, 3.8) is 0 Å². The first-order valence-electron chi connectivity index (χ1n) is 11.4. The molecule has 2 aliphatic heterocycles. The summed E-state index contributed by atoms with van der Waals surface area (Å²) in [7, 11) is 0. The Balaban J connectivity index is 1.31. The van der Waals surface area contributed by atoms with Crippen LogP contribution >= 0.6 is 46.2 Å². The van der Waals surface area contributed by atoms with E-state index in [2.05, 4.69) is 15.5 Å². The van der Waals surface area contributed by atoms with Crippen LogP contribution in [-0.4, -0.2) is 73.3 Å². The maximum Gasteiger partial charge on any atom is 0.353 e. The molecule has 206 valence electrons. The number of carbonyl (C=O) groups is 4. The lowest BCUT2D eigenvalue weighted by molar-refractivity contribution is -0.150. The van der Waals surface area contributed by atoms with Crippen LogP contribution < -0.4 is 11.1 Å². The number of thiazole rings is 1. The molecule has 0 spiro atoms. The van der Waals surface area contributed by atoms with E-state index < -0.39 is 41.8 Å². The number of nitrogens with zero attached hydrogens (tertiary/aromatic N) is 3. The molecule has 12 nitrogen and oxygen atoms in total. The minimum Gasteiger partial charge on any atom is -0.479 e. The number of hydrogen-bond donors (Lipinski definition) is 4. The molecule has 5 rings (SSSR count). The molecule has 0 radical (unpaired) electrons. The average Bonchev–Trinajstić information content (AvgIpc) is 3.62. The van der Waals surface area contributed by atoms with E-state index in [4.69, 9.17) is 15.7 Å². The molecule has 0 unspecified atom stereocenters. The van der Waals surface area contributed by atoms with Gasteiger partial charge in [-0.25, -0.2) is 14.6 Å². The molecule has 3 aromatic rings. The summed E-state index contributed by atoms with van der Waals surface area (Å²) in [6, 6.07) is 10.7. The number of nitrogens with one attached hydrogen (secondary N) is 1. The van der Waals surface area contributed by atoms with Gasteiger partial charge in [0.15, 0.2) is 10.8 Å². The number of β-lactam (4-membered cyclic amide) rings is 1. The number of aromatic nitrogens is 1. The molecule has 1 fully saturated rings. The molecule has 0 bridgehead atoms. The van der Waals surface area contributed by atoms with Crippen molar-refractivity contribution in [2.24, 2.45) is 5.16 Å². The zero-order valence-corrected chi connectivity index (χ0v) is 23.4. The predicted octanol–water partition coefficient (Wildman–Crippen LogP) is 2.75. The second kappa shape index (κ2) is 11.7. The Morgan fingerprint density at radius 3 is 2.60 bits per heavy atom. The van der Waals surface area contributed by atoms with E-state index in [1.807, 2.05) is 41.8 Å². The lowest BCUT2D eigenvalue weighted by Gasteiger charge is -2.49. The molecule has 1 aromatic carbocycles. The highest BCUT2D eigenvalue weighted by Gasteiger charge is 2.54. The monoisotopic (exact) mass is 617 g/mol. The second-order valence-corrected chi connectivity index (χ2v) is 12.3. The molecule has 4 heterocycles. The number of anilines is 1. The fourth-order valence-corrected chi connectivity index (χ4v) is 7.66. The minimum atomic E-state index is -1.30. The third kappa shape index (κ3) is 5.70. The van der Waals surface area contributed by atoms with E-state index in [9.17, 15) is 24.3 Å². The number of nitrogen functional groups attached to an aromatic ring is 1. The molecule has 2 aromatic heterocycles. The zero-order chi connectivity index (χ0) is 28.4. The van der Waals surface area contributed by atoms with Crippen LogP contribution in [0.1, 0.15) is 5.69 Å². The average molecular weight is 618 g/mol. The number of carbonyl (C=O) groups excluding carboxylic acids is 2. The predicted molar refractivity (Wildman–Crippen MR) is 152 cm³/mol. The maximum absolute atomic E-state index is 13.1. The topological polar surface area (TPSA) is 185 Å². The van der Waals surface area contributed by atoms with Gasteiger partial charge in [0.25, 0.3) is 11.8 Å². The summed E-state index contributed by atoms with van der Waals surface area (Å²) in [5.41, 5.74) is 6.25. The van der Waals surface area contributed by atoms with Crippen LogP contribution in [0.5, 0.6) is 0 Å². The van der Waals surface area contributed by atoms with Gasteiger partial charge in [0, 0.05) is 25.8 Å². The van der Waals surface area contributed by atoms with E-state index in [1.165, 1.54) is 33.8 Å². The molecular weight excluding hydrogens is 599 g/mol. The number of carboxylic acids is 2. The normalized spacial score (nSPS) is 18.6. The number of hydrogen-bond acceptors (Lipinski definition) is 12. The van der Waals surface area contributed by atoms with E-state index in [0.717, 1.165) is 26.7 Å². The second-order valence-electron chi connectivity index (χ2n) is 8.22. The number of rotatable bonds is 10. The lowest BCUT2D eigenvalue weighted by atomic mass is 10.0. The number of carboxylic acid groups (broad SMARTS) is 2. The number of benzene rings is 1. The van der Waals surface area contributed by atoms with Crippen LogP contribution in [-0.2, 0) is 24.0 Å². The van der Waals surface area contributed by atoms with Gasteiger partial charge in [-0.2, -0.15) is 0 Å². The van der Waals surface area contributed by atoms with Crippen LogP contribution in [0.15, 0.2) is 67.8 Å². The Kier molecular flexibility index (Phi) is 8.11. The first-order valence-corrected chi connectivity index (χ1v) is 15.0. The molecule has 0 saturated carbocycles. The van der Waals surface area contributed by atoms with Crippen LogP contribution in [0.3, 0.4) is 0 Å². The fraction of sp³-hybridized carbons (Fsp3) is 0.167. The third-order valence-corrected chi connectivity index (χ3v) is 9.79. The number of oxime groups is 1. The van der Waals surface area contributed by atoms with Crippen molar-refractivity contribution in [2.45, 2.75) is 16.3 Å². The third-order valence-electron chi connectivity index (χ3n) is 5.65. The molecule has 40 heavy (non-hydrogen) atoms. The molecule has 2 aliphatic rings. The van der Waals surface area contributed by atoms with Crippen molar-refractivity contribution < 1.29 is 34.2 Å². The zero-order valence-electron chi connectivity index (χ0n) is 20.2. The van der Waals surface area contributed by atoms with Gasteiger partial charge in [0.2, 0.25) is 6.61 Å². The summed E-state index contributed by atoms with van der Waals surface area (Å²) < 4.78 is 0. The van der Waals surface area contributed by atoms with Gasteiger partial charge in [-0.05, 0) is 29.1 Å². The molecule has 5 N–H and O–H groups in total. The van der Waals surface area contributed by atoms with Gasteiger partial charge in [0.05, 0.1) is 0 Å². The summed E-state index contributed by atoms with van der Waals surface area (Å²) in [4.78, 5) is 61.5. The van der Waals surface area contributed by atoms with Crippen LogP contribution in [0.2, 0.25) is 0 Å². The first-order chi connectivity index (χ1) is 19.2. The van der Waals surface area contributed by atoms with E-state index in [1.54, 1.807) is 11.3 Å². The quantitative estimate of drug-likeness (QED) is 0.149. The number of thioether (sulfide) groups is 2. The summed E-state index contributed by atoms with van der Waals surface area (Å²) in [6.45, 7) is -0.797. The highest BCUT2D eigenvalue weighted by Crippen LogP contribution is 2.45. The van der Waals surface area contributed by atoms with Crippen molar-refractivity contribution in [3.8, 4) is 10.4 Å². The number of nitrogens with two attached hydrogens (primary N) is 1. The van der Waals surface area contributed by atoms with Crippen LogP contribution in [0.4, 0.5) is 5.13 Å². The molecule has 0 aliphatic carbocycles. The highest BCUT2D eigenvalue weighted by atomic mass is 32.2. The number of thiophene rings is 1. The van der Waals surface area contributed by atoms with Gasteiger partial charge in [-0.15, -0.1) is 34.4 Å². The number of aliphatic carboxylic acids is 2. The molecule has 1 saturated heterocycles. The SMILES string of the molecule is Nc1nc(C(=NOCC(=O)O)C(=O)N[C@@H]2C(=O)N3C(C(=O)O)=C(Sc4ccc(-c5cccs5)cc4)CS[C@H]23)cs1. The Morgan fingerprint density at radius 1 is 1.20 bits per heavy atom. The Bertz CT molecular complexity index is 1530. The van der Waals surface area contributed by atoms with Gasteiger partial charge in [-0.1, -0.05) is 35.1 Å². The Labute approximate surface area is 242 Å². The molecule has 16 heteroatoms. The standard InChI is InChI=1S/C24H19N5O7S4/c25-24-26-13(9-39-24)17(28-36-8-16(30)31)20(32)27-18-21(33)29-19(23(34)35)15(10-38-22(18)29)40-12-5-3-11(4-6-12)14-2-1-7-37-14/h1-7,9,18,22H,8,10H2,(H2,25,26)(H,27,32)(H,30,31)(H,34,35)/t18-,22-/m1/s1. The summed E-state index contributed by atoms with van der Waals surface area (Å²) in [5.74, 6) is -3.68. The van der Waals surface area contributed by atoms with Gasteiger partial charge in [0.1, 0.15) is 22.8 Å². The first kappa shape index (κ1) is 27.7. The molecular formula is C24H19N5O7S4. The minimum absolute atomic E-state index is 0.0419. The van der Waals surface area contributed by atoms with Crippen molar-refractivity contribution in [3.05, 3.63) is 63.5 Å². The van der Waals surface area contributed by atoms with Crippen molar-refractivity contribution in [1.82, 2.24) is 15.2 Å². The number of fused-ring (bicyclic) bond motifs is 1. The Morgan fingerprint density at radius 2 is 1.98 bits per heavy atom. The van der Waals surface area contributed by atoms with Crippen molar-refractivity contribution in [2.75, 3.05) is 18.1 Å². The lowest BCUT2D eigenvalue weighted by Crippen LogP contribution is -2.71. The smallest absolute Gasteiger partial charge is 0.353 e. The Hall–Kier alpha value is -3.86. The molecule has 2 atom stereocenters. The van der Waals surface area contributed by atoms with E-state index in [0.29, 0.717) is 10.7 Å². The maximum atomic E-state index is 13.1. The highest BCUT2D eigenvalue weighted by molar-refractivity contribution is 8.06. The molecule has 2 amide bonds. The van der Waals surface area contributed by atoms with Crippen LogP contribution in [0.25, 0.3) is 10.4 Å². The van der Waals surface area contributed by atoms with Gasteiger partial charge in [-0.3, -0.25) is 14.5 Å². The van der Waals surface area contributed by atoms with Crippen molar-refractivity contribution in [1.29, 1.82) is 0 Å².